The predicted molar refractivity (Wildman–Crippen MR) is 77.1 cm³/mol. The number of carboxylic acid groups (broad SMARTS) is 1. The number of anilines is 1. The zero-order valence-corrected chi connectivity index (χ0v) is 12.3. The van der Waals surface area contributed by atoms with E-state index in [1.807, 2.05) is 0 Å². The van der Waals surface area contributed by atoms with Crippen molar-refractivity contribution in [3.05, 3.63) is 28.2 Å². The fourth-order valence-electron chi connectivity index (χ4n) is 1.99. The molecule has 2 amide bonds. The topological polar surface area (TPSA) is 87.7 Å². The van der Waals surface area contributed by atoms with E-state index in [0.29, 0.717) is 17.7 Å². The quantitative estimate of drug-likeness (QED) is 0.787. The van der Waals surface area contributed by atoms with Crippen molar-refractivity contribution in [3.8, 4) is 0 Å². The lowest BCUT2D eigenvalue weighted by Gasteiger charge is -2.23. The minimum absolute atomic E-state index is 0.0512. The maximum absolute atomic E-state index is 11.9. The monoisotopic (exact) mass is 342 g/mol. The molecule has 0 unspecified atom stereocenters. The molecule has 0 atom stereocenters. The van der Waals surface area contributed by atoms with Gasteiger partial charge in [-0.3, -0.25) is 0 Å². The fourth-order valence-corrected chi connectivity index (χ4v) is 2.35. The molecule has 0 spiro atoms. The average molecular weight is 343 g/mol. The third kappa shape index (κ3) is 3.94. The van der Waals surface area contributed by atoms with Gasteiger partial charge in [-0.05, 0) is 31.0 Å². The van der Waals surface area contributed by atoms with E-state index >= 15 is 0 Å². The molecule has 1 aliphatic rings. The van der Waals surface area contributed by atoms with Crippen LogP contribution in [0.5, 0.6) is 0 Å². The van der Waals surface area contributed by atoms with E-state index in [1.54, 1.807) is 12.1 Å². The highest BCUT2D eigenvalue weighted by atomic mass is 79.9. The second-order valence-corrected chi connectivity index (χ2v) is 5.40. The third-order valence-electron chi connectivity index (χ3n) is 3.02. The molecule has 0 aromatic heterocycles. The van der Waals surface area contributed by atoms with Crippen LogP contribution < -0.4 is 10.6 Å². The van der Waals surface area contributed by atoms with Crippen molar-refractivity contribution in [2.45, 2.75) is 18.9 Å². The van der Waals surface area contributed by atoms with Crippen molar-refractivity contribution in [2.24, 2.45) is 0 Å². The smallest absolute Gasteiger partial charge is 0.337 e. The number of hydrogen-bond acceptors (Lipinski definition) is 3. The van der Waals surface area contributed by atoms with Gasteiger partial charge in [0.15, 0.2) is 0 Å². The molecule has 6 nitrogen and oxygen atoms in total. The second kappa shape index (κ2) is 6.71. The molecule has 7 heteroatoms. The zero-order chi connectivity index (χ0) is 14.5. The van der Waals surface area contributed by atoms with Crippen molar-refractivity contribution in [2.75, 3.05) is 18.5 Å². The number of carbonyl (C=O) groups is 2. The number of halogens is 1. The van der Waals surface area contributed by atoms with E-state index in [1.165, 1.54) is 6.07 Å². The lowest BCUT2D eigenvalue weighted by molar-refractivity contribution is 0.0698. The van der Waals surface area contributed by atoms with E-state index in [9.17, 15) is 9.59 Å². The molecule has 1 aromatic carbocycles. The average Bonchev–Trinajstić information content (AvgIpc) is 2.39. The van der Waals surface area contributed by atoms with Gasteiger partial charge in [0.2, 0.25) is 0 Å². The van der Waals surface area contributed by atoms with Crippen LogP contribution in [-0.2, 0) is 4.74 Å². The van der Waals surface area contributed by atoms with Gasteiger partial charge in [0.25, 0.3) is 0 Å². The third-order valence-corrected chi connectivity index (χ3v) is 3.51. The molecule has 0 aliphatic carbocycles. The van der Waals surface area contributed by atoms with Crippen molar-refractivity contribution in [1.82, 2.24) is 5.32 Å². The van der Waals surface area contributed by atoms with Crippen molar-refractivity contribution < 1.29 is 19.4 Å². The Balaban J connectivity index is 2.03. The Hall–Kier alpha value is -1.60. The molecule has 1 aromatic rings. The number of ether oxygens (including phenoxy) is 1. The lowest BCUT2D eigenvalue weighted by atomic mass is 10.1. The zero-order valence-electron chi connectivity index (χ0n) is 10.7. The number of hydrogen-bond donors (Lipinski definition) is 3. The summed E-state index contributed by atoms with van der Waals surface area (Å²) in [4.78, 5) is 23.0. The standard InChI is InChI=1S/C13H15BrN2O4/c14-8-1-2-10(12(17)18)11(7-8)16-13(19)15-9-3-5-20-6-4-9/h1-2,7,9H,3-6H2,(H,17,18)(H2,15,16,19). The first kappa shape index (κ1) is 14.8. The van der Waals surface area contributed by atoms with Gasteiger partial charge in [-0.1, -0.05) is 15.9 Å². The summed E-state index contributed by atoms with van der Waals surface area (Å²) in [5.74, 6) is -1.08. The first-order chi connectivity index (χ1) is 9.56. The summed E-state index contributed by atoms with van der Waals surface area (Å²) in [5, 5.41) is 14.5. The molecular formula is C13H15BrN2O4. The van der Waals surface area contributed by atoms with E-state index in [2.05, 4.69) is 26.6 Å². The van der Waals surface area contributed by atoms with Crippen LogP contribution in [0, 0.1) is 0 Å². The van der Waals surface area contributed by atoms with Crippen molar-refractivity contribution in [1.29, 1.82) is 0 Å². The van der Waals surface area contributed by atoms with Gasteiger partial charge in [0.1, 0.15) is 0 Å². The van der Waals surface area contributed by atoms with E-state index in [4.69, 9.17) is 9.84 Å². The molecule has 0 radical (unpaired) electrons. The number of rotatable bonds is 3. The molecule has 108 valence electrons. The van der Waals surface area contributed by atoms with Crippen LogP contribution >= 0.6 is 15.9 Å². The molecule has 0 saturated carbocycles. The molecule has 1 saturated heterocycles. The van der Waals surface area contributed by atoms with Gasteiger partial charge in [-0.2, -0.15) is 0 Å². The number of carbonyl (C=O) groups excluding carboxylic acids is 1. The Morgan fingerprint density at radius 2 is 2.00 bits per heavy atom. The van der Waals surface area contributed by atoms with Crippen LogP contribution in [-0.4, -0.2) is 36.4 Å². The van der Waals surface area contributed by atoms with Crippen LogP contribution in [0.4, 0.5) is 10.5 Å². The number of carboxylic acids is 1. The Morgan fingerprint density at radius 1 is 1.30 bits per heavy atom. The van der Waals surface area contributed by atoms with E-state index < -0.39 is 12.0 Å². The van der Waals surface area contributed by atoms with Gasteiger partial charge in [-0.25, -0.2) is 9.59 Å². The summed E-state index contributed by atoms with van der Waals surface area (Å²) in [7, 11) is 0. The molecule has 0 bridgehead atoms. The number of nitrogens with one attached hydrogen (secondary N) is 2. The highest BCUT2D eigenvalue weighted by Crippen LogP contribution is 2.21. The van der Waals surface area contributed by atoms with E-state index in [-0.39, 0.29) is 17.3 Å². The van der Waals surface area contributed by atoms with Gasteiger partial charge in [0.05, 0.1) is 11.3 Å². The molecule has 1 heterocycles. The van der Waals surface area contributed by atoms with Crippen LogP contribution in [0.15, 0.2) is 22.7 Å². The van der Waals surface area contributed by atoms with E-state index in [0.717, 1.165) is 12.8 Å². The summed E-state index contributed by atoms with van der Waals surface area (Å²) in [6.07, 6.45) is 1.52. The normalized spacial score (nSPS) is 15.7. The number of amides is 2. The minimum Gasteiger partial charge on any atom is -0.478 e. The summed E-state index contributed by atoms with van der Waals surface area (Å²) in [6.45, 7) is 1.25. The maximum Gasteiger partial charge on any atom is 0.337 e. The van der Waals surface area contributed by atoms with Gasteiger partial charge in [0, 0.05) is 23.7 Å². The van der Waals surface area contributed by atoms with Gasteiger partial charge < -0.3 is 20.5 Å². The summed E-state index contributed by atoms with van der Waals surface area (Å²) in [5.41, 5.74) is 0.312. The van der Waals surface area contributed by atoms with Crippen LogP contribution in [0.1, 0.15) is 23.2 Å². The number of aromatic carboxylic acids is 1. The van der Waals surface area contributed by atoms with Crippen LogP contribution in [0.3, 0.4) is 0 Å². The molecule has 3 N–H and O–H groups in total. The largest absolute Gasteiger partial charge is 0.478 e. The highest BCUT2D eigenvalue weighted by Gasteiger charge is 2.18. The van der Waals surface area contributed by atoms with Gasteiger partial charge in [-0.15, -0.1) is 0 Å². The Kier molecular flexibility index (Phi) is 4.97. The van der Waals surface area contributed by atoms with Gasteiger partial charge >= 0.3 is 12.0 Å². The van der Waals surface area contributed by atoms with Crippen molar-refractivity contribution in [3.63, 3.8) is 0 Å². The van der Waals surface area contributed by atoms with Crippen LogP contribution in [0.2, 0.25) is 0 Å². The Labute approximate surface area is 124 Å². The van der Waals surface area contributed by atoms with Crippen molar-refractivity contribution >= 4 is 33.6 Å². The molecular weight excluding hydrogens is 328 g/mol. The highest BCUT2D eigenvalue weighted by molar-refractivity contribution is 9.10. The fraction of sp³-hybridized carbons (Fsp3) is 0.385. The lowest BCUT2D eigenvalue weighted by Crippen LogP contribution is -2.41. The predicted octanol–water partition coefficient (Wildman–Crippen LogP) is 2.45. The summed E-state index contributed by atoms with van der Waals surface area (Å²) < 4.78 is 5.91. The van der Waals surface area contributed by atoms with Crippen LogP contribution in [0.25, 0.3) is 0 Å². The first-order valence-electron chi connectivity index (χ1n) is 6.24. The molecule has 2 rings (SSSR count). The Bertz CT molecular complexity index is 515. The Morgan fingerprint density at radius 3 is 2.65 bits per heavy atom. The SMILES string of the molecule is O=C(Nc1cc(Br)ccc1C(=O)O)NC1CCOCC1. The number of urea groups is 1. The first-order valence-corrected chi connectivity index (χ1v) is 7.03. The minimum atomic E-state index is -1.08. The second-order valence-electron chi connectivity index (χ2n) is 4.48. The molecule has 1 fully saturated rings. The molecule has 20 heavy (non-hydrogen) atoms. The summed E-state index contributed by atoms with van der Waals surface area (Å²) in [6, 6.07) is 4.27. The molecule has 1 aliphatic heterocycles. The summed E-state index contributed by atoms with van der Waals surface area (Å²) >= 11 is 3.25. The number of benzene rings is 1. The maximum atomic E-state index is 11.9.